The van der Waals surface area contributed by atoms with Crippen molar-refractivity contribution >= 4 is 17.9 Å². The molecule has 0 fully saturated rings. The van der Waals surface area contributed by atoms with Crippen molar-refractivity contribution in [2.45, 2.75) is 142 Å². The van der Waals surface area contributed by atoms with Crippen LogP contribution in [0.25, 0.3) is 0 Å². The molecule has 344 valence electrons. The van der Waals surface area contributed by atoms with Crippen LogP contribution in [0.15, 0.2) is 182 Å². The Morgan fingerprint density at radius 3 is 0.857 bits per heavy atom. The van der Waals surface area contributed by atoms with Gasteiger partial charge in [-0.25, -0.2) is 0 Å². The Morgan fingerprint density at radius 1 is 0.317 bits per heavy atom. The Balaban J connectivity index is 4.69. The maximum Gasteiger partial charge on any atom is 0.306 e. The lowest BCUT2D eigenvalue weighted by molar-refractivity contribution is -0.167. The summed E-state index contributed by atoms with van der Waals surface area (Å²) in [5.74, 6) is -1.09. The number of allylic oxidation sites excluding steroid dienone is 30. The van der Waals surface area contributed by atoms with Gasteiger partial charge in [-0.1, -0.05) is 222 Å². The molecule has 6 nitrogen and oxygen atoms in total. The Labute approximate surface area is 383 Å². The van der Waals surface area contributed by atoms with Gasteiger partial charge in [0.25, 0.3) is 0 Å². The van der Waals surface area contributed by atoms with E-state index in [2.05, 4.69) is 57.2 Å². The van der Waals surface area contributed by atoms with Crippen LogP contribution in [-0.4, -0.2) is 37.2 Å². The summed E-state index contributed by atoms with van der Waals surface area (Å²) in [6, 6.07) is 0. The van der Waals surface area contributed by atoms with Gasteiger partial charge in [-0.3, -0.25) is 14.4 Å². The molecular formula is C57H80O6. The Bertz CT molecular complexity index is 1600. The second-order valence-corrected chi connectivity index (χ2v) is 14.5. The molecule has 1 unspecified atom stereocenters. The first-order valence-electron chi connectivity index (χ1n) is 23.5. The van der Waals surface area contributed by atoms with Gasteiger partial charge in [0.15, 0.2) is 6.10 Å². The molecule has 0 aliphatic heterocycles. The summed E-state index contributed by atoms with van der Waals surface area (Å²) in [5, 5.41) is 0. The minimum Gasteiger partial charge on any atom is -0.462 e. The standard InChI is InChI=1S/C57H80O6/c1-4-7-10-13-16-19-22-25-27-28-30-32-35-38-41-44-47-50-56(59)62-53-54(52-61-55(58)49-46-43-40-37-34-31-24-21-18-15-12-9-6-3)63-57(60)51-48-45-42-39-36-33-29-26-23-20-17-14-11-8-5-2/h7-36,54H,4-6,37-53H2,1-3H3/b10-7-,11-8-,12-9-,16-13-,17-14-,18-15-,22-19-,23-20-,24-21-,27-25-,29-26-,30-28+,34-31-,35-32-,36-33-. The molecule has 1 atom stereocenters. The van der Waals surface area contributed by atoms with Gasteiger partial charge in [-0.15, -0.1) is 0 Å². The van der Waals surface area contributed by atoms with Crippen LogP contribution in [0.2, 0.25) is 0 Å². The topological polar surface area (TPSA) is 78.9 Å². The van der Waals surface area contributed by atoms with E-state index in [1.54, 1.807) is 0 Å². The van der Waals surface area contributed by atoms with E-state index in [9.17, 15) is 14.4 Å². The predicted octanol–water partition coefficient (Wildman–Crippen LogP) is 15.4. The monoisotopic (exact) mass is 861 g/mol. The maximum atomic E-state index is 12.8. The highest BCUT2D eigenvalue weighted by Crippen LogP contribution is 2.10. The highest BCUT2D eigenvalue weighted by molar-refractivity contribution is 5.71. The molecule has 0 radical (unpaired) electrons. The van der Waals surface area contributed by atoms with E-state index in [1.165, 1.54) is 0 Å². The summed E-state index contributed by atoms with van der Waals surface area (Å²) in [4.78, 5) is 37.9. The van der Waals surface area contributed by atoms with E-state index >= 15 is 0 Å². The number of rotatable bonds is 38. The summed E-state index contributed by atoms with van der Waals surface area (Å²) in [6.45, 7) is 6.04. The summed E-state index contributed by atoms with van der Waals surface area (Å²) in [6.07, 6.45) is 74.4. The van der Waals surface area contributed by atoms with E-state index in [0.717, 1.165) is 77.0 Å². The van der Waals surface area contributed by atoms with Crippen molar-refractivity contribution < 1.29 is 28.6 Å². The van der Waals surface area contributed by atoms with Gasteiger partial charge < -0.3 is 14.2 Å². The van der Waals surface area contributed by atoms with Gasteiger partial charge in [0.05, 0.1) is 0 Å². The molecule has 0 bridgehead atoms. The van der Waals surface area contributed by atoms with Crippen molar-refractivity contribution in [1.82, 2.24) is 0 Å². The number of esters is 3. The van der Waals surface area contributed by atoms with E-state index in [0.29, 0.717) is 19.3 Å². The lowest BCUT2D eigenvalue weighted by Crippen LogP contribution is -2.30. The zero-order chi connectivity index (χ0) is 45.8. The second kappa shape index (κ2) is 49.2. The van der Waals surface area contributed by atoms with Crippen molar-refractivity contribution in [3.63, 3.8) is 0 Å². The number of carbonyl (C=O) groups is 3. The molecule has 0 aromatic carbocycles. The summed E-state index contributed by atoms with van der Waals surface area (Å²) in [5.41, 5.74) is 0. The Hall–Kier alpha value is -5.49. The van der Waals surface area contributed by atoms with E-state index in [4.69, 9.17) is 14.2 Å². The van der Waals surface area contributed by atoms with Gasteiger partial charge in [-0.05, 0) is 77.0 Å². The van der Waals surface area contributed by atoms with Gasteiger partial charge >= 0.3 is 17.9 Å². The Kier molecular flexibility index (Phi) is 44.9. The van der Waals surface area contributed by atoms with Crippen molar-refractivity contribution in [2.24, 2.45) is 0 Å². The fourth-order valence-electron chi connectivity index (χ4n) is 5.33. The minimum atomic E-state index is -0.845. The van der Waals surface area contributed by atoms with Crippen LogP contribution in [-0.2, 0) is 28.6 Å². The zero-order valence-corrected chi connectivity index (χ0v) is 39.0. The smallest absolute Gasteiger partial charge is 0.306 e. The highest BCUT2D eigenvalue weighted by atomic mass is 16.6. The van der Waals surface area contributed by atoms with Crippen molar-refractivity contribution in [3.8, 4) is 0 Å². The van der Waals surface area contributed by atoms with Gasteiger partial charge in [-0.2, -0.15) is 0 Å². The predicted molar refractivity (Wildman–Crippen MR) is 269 cm³/mol. The van der Waals surface area contributed by atoms with E-state index < -0.39 is 6.10 Å². The highest BCUT2D eigenvalue weighted by Gasteiger charge is 2.19. The first kappa shape index (κ1) is 57.5. The number of hydrogen-bond donors (Lipinski definition) is 0. The normalized spacial score (nSPS) is 13.8. The van der Waals surface area contributed by atoms with Crippen LogP contribution in [0.5, 0.6) is 0 Å². The number of unbranched alkanes of at least 4 members (excludes halogenated alkanes) is 9. The van der Waals surface area contributed by atoms with Crippen molar-refractivity contribution in [1.29, 1.82) is 0 Å². The molecule has 63 heavy (non-hydrogen) atoms. The molecule has 6 heteroatoms. The fourth-order valence-corrected chi connectivity index (χ4v) is 5.33. The van der Waals surface area contributed by atoms with E-state index in [1.807, 2.05) is 146 Å². The van der Waals surface area contributed by atoms with Crippen LogP contribution in [0.1, 0.15) is 136 Å². The summed E-state index contributed by atoms with van der Waals surface area (Å²) < 4.78 is 16.6. The number of hydrogen-bond acceptors (Lipinski definition) is 6. The molecule has 0 aliphatic carbocycles. The second-order valence-electron chi connectivity index (χ2n) is 14.5. The molecule has 0 rings (SSSR count). The van der Waals surface area contributed by atoms with E-state index in [-0.39, 0.29) is 50.4 Å². The quantitative estimate of drug-likeness (QED) is 0.0266. The third-order valence-corrected chi connectivity index (χ3v) is 8.77. The number of carbonyl (C=O) groups excluding carboxylic acids is 3. The SMILES string of the molecule is CC\C=C/C=C\C=C/C=C\C=C/CCCCCC(=O)OC(COC(=O)CCCCC\C=C/C=C\C=C/C=C\CC)COC(=O)CCCCC\C=C/C=C/C=C\C=C/C=C\C=C/CC. The van der Waals surface area contributed by atoms with Gasteiger partial charge in [0.1, 0.15) is 13.2 Å². The molecule has 0 saturated heterocycles. The third kappa shape index (κ3) is 47.4. The van der Waals surface area contributed by atoms with Crippen LogP contribution in [0.4, 0.5) is 0 Å². The van der Waals surface area contributed by atoms with Crippen LogP contribution >= 0.6 is 0 Å². The van der Waals surface area contributed by atoms with Crippen LogP contribution in [0, 0.1) is 0 Å². The molecule has 0 saturated carbocycles. The minimum absolute atomic E-state index is 0.142. The van der Waals surface area contributed by atoms with Gasteiger partial charge in [0.2, 0.25) is 0 Å². The molecule has 0 aromatic rings. The summed E-state index contributed by atoms with van der Waals surface area (Å²) in [7, 11) is 0. The summed E-state index contributed by atoms with van der Waals surface area (Å²) >= 11 is 0. The van der Waals surface area contributed by atoms with Crippen molar-refractivity contribution in [2.75, 3.05) is 13.2 Å². The van der Waals surface area contributed by atoms with Gasteiger partial charge in [0, 0.05) is 19.3 Å². The first-order chi connectivity index (χ1) is 31.0. The average molecular weight is 861 g/mol. The largest absolute Gasteiger partial charge is 0.462 e. The maximum absolute atomic E-state index is 12.8. The Morgan fingerprint density at radius 2 is 0.571 bits per heavy atom. The molecule has 0 aliphatic rings. The lowest BCUT2D eigenvalue weighted by Gasteiger charge is -2.18. The number of ether oxygens (including phenoxy) is 3. The molecule has 0 heterocycles. The average Bonchev–Trinajstić information content (AvgIpc) is 3.28. The van der Waals surface area contributed by atoms with Crippen LogP contribution < -0.4 is 0 Å². The molecule has 0 amide bonds. The van der Waals surface area contributed by atoms with Crippen molar-refractivity contribution in [3.05, 3.63) is 182 Å². The molecule has 0 N–H and O–H groups in total. The fraction of sp³-hybridized carbons (Fsp3) is 0.421. The molecule has 0 spiro atoms. The zero-order valence-electron chi connectivity index (χ0n) is 39.0. The van der Waals surface area contributed by atoms with Crippen LogP contribution in [0.3, 0.4) is 0 Å². The molecule has 0 aromatic heterocycles. The molecular weight excluding hydrogens is 781 g/mol. The lowest BCUT2D eigenvalue weighted by atomic mass is 10.1. The third-order valence-electron chi connectivity index (χ3n) is 8.77. The first-order valence-corrected chi connectivity index (χ1v) is 23.5.